The smallest absolute Gasteiger partial charge is 0.238 e. The van der Waals surface area contributed by atoms with Crippen LogP contribution < -0.4 is 16.4 Å². The van der Waals surface area contributed by atoms with Crippen molar-refractivity contribution in [3.05, 3.63) is 60.2 Å². The Kier molecular flexibility index (Phi) is 6.44. The summed E-state index contributed by atoms with van der Waals surface area (Å²) in [6, 6.07) is 17.0. The van der Waals surface area contributed by atoms with Gasteiger partial charge in [-0.05, 0) is 42.7 Å². The summed E-state index contributed by atoms with van der Waals surface area (Å²) >= 11 is 0. The first-order valence-electron chi connectivity index (χ1n) is 9.29. The summed E-state index contributed by atoms with van der Waals surface area (Å²) in [6.45, 7) is 1.98. The zero-order valence-corrected chi connectivity index (χ0v) is 15.4. The van der Waals surface area contributed by atoms with E-state index in [0.717, 1.165) is 37.2 Å². The van der Waals surface area contributed by atoms with Gasteiger partial charge in [-0.3, -0.25) is 14.5 Å². The van der Waals surface area contributed by atoms with Gasteiger partial charge < -0.3 is 16.4 Å². The predicted molar refractivity (Wildman–Crippen MR) is 107 cm³/mol. The van der Waals surface area contributed by atoms with E-state index in [-0.39, 0.29) is 17.9 Å². The van der Waals surface area contributed by atoms with Crippen LogP contribution in [0.15, 0.2) is 54.6 Å². The van der Waals surface area contributed by atoms with Gasteiger partial charge in [0.1, 0.15) is 0 Å². The molecule has 1 saturated heterocycles. The maximum Gasteiger partial charge on any atom is 0.238 e. The number of hydrogen-bond acceptors (Lipinski definition) is 4. The number of piperidine rings is 1. The maximum atomic E-state index is 12.2. The number of nitrogen functional groups attached to an aromatic ring is 1. The van der Waals surface area contributed by atoms with E-state index in [9.17, 15) is 9.59 Å². The van der Waals surface area contributed by atoms with Crippen LogP contribution >= 0.6 is 0 Å². The summed E-state index contributed by atoms with van der Waals surface area (Å²) in [7, 11) is 0. The van der Waals surface area contributed by atoms with E-state index in [4.69, 9.17) is 5.73 Å². The first kappa shape index (κ1) is 18.9. The second-order valence-electron chi connectivity index (χ2n) is 6.95. The molecule has 4 N–H and O–H groups in total. The number of nitrogens with one attached hydrogen (secondary N) is 2. The summed E-state index contributed by atoms with van der Waals surface area (Å²) in [4.78, 5) is 26.5. The minimum absolute atomic E-state index is 0.00737. The van der Waals surface area contributed by atoms with Crippen LogP contribution in [-0.2, 0) is 16.0 Å². The van der Waals surface area contributed by atoms with Crippen LogP contribution in [0.25, 0.3) is 0 Å². The summed E-state index contributed by atoms with van der Waals surface area (Å²) in [5.74, 6) is 0.0204. The van der Waals surface area contributed by atoms with Gasteiger partial charge in [0.15, 0.2) is 0 Å². The third kappa shape index (κ3) is 6.11. The first-order valence-corrected chi connectivity index (χ1v) is 9.29. The molecular weight excluding hydrogens is 340 g/mol. The van der Waals surface area contributed by atoms with Gasteiger partial charge in [0.25, 0.3) is 0 Å². The molecular formula is C21H26N4O2. The first-order chi connectivity index (χ1) is 13.1. The highest BCUT2D eigenvalue weighted by atomic mass is 16.2. The van der Waals surface area contributed by atoms with Crippen LogP contribution in [0, 0.1) is 0 Å². The molecule has 27 heavy (non-hydrogen) atoms. The Bertz CT molecular complexity index is 754. The second-order valence-corrected chi connectivity index (χ2v) is 6.95. The molecule has 1 fully saturated rings. The van der Waals surface area contributed by atoms with Crippen LogP contribution in [-0.4, -0.2) is 42.4 Å². The van der Waals surface area contributed by atoms with Crippen molar-refractivity contribution < 1.29 is 9.59 Å². The number of hydrogen-bond donors (Lipinski definition) is 3. The van der Waals surface area contributed by atoms with Crippen molar-refractivity contribution in [1.82, 2.24) is 10.2 Å². The highest BCUT2D eigenvalue weighted by Gasteiger charge is 2.22. The van der Waals surface area contributed by atoms with Crippen LogP contribution in [0.2, 0.25) is 0 Å². The number of rotatable bonds is 6. The molecule has 6 nitrogen and oxygen atoms in total. The molecule has 2 amide bonds. The minimum atomic E-state index is -0.00737. The van der Waals surface area contributed by atoms with Gasteiger partial charge in [0.2, 0.25) is 11.8 Å². The van der Waals surface area contributed by atoms with E-state index >= 15 is 0 Å². The number of amides is 2. The lowest BCUT2D eigenvalue weighted by Crippen LogP contribution is -2.46. The van der Waals surface area contributed by atoms with E-state index < -0.39 is 0 Å². The fourth-order valence-electron chi connectivity index (χ4n) is 3.26. The van der Waals surface area contributed by atoms with Crippen molar-refractivity contribution in [2.45, 2.75) is 25.3 Å². The molecule has 1 heterocycles. The number of para-hydroxylation sites is 1. The number of anilines is 2. The Morgan fingerprint density at radius 3 is 2.30 bits per heavy atom. The quantitative estimate of drug-likeness (QED) is 0.683. The third-order valence-electron chi connectivity index (χ3n) is 4.72. The number of likely N-dealkylation sites (tertiary alicyclic amines) is 1. The van der Waals surface area contributed by atoms with Crippen LogP contribution in [0.5, 0.6) is 0 Å². The third-order valence-corrected chi connectivity index (χ3v) is 4.72. The molecule has 0 aromatic heterocycles. The summed E-state index contributed by atoms with van der Waals surface area (Å²) < 4.78 is 0. The van der Waals surface area contributed by atoms with Crippen LogP contribution in [0.1, 0.15) is 18.4 Å². The monoisotopic (exact) mass is 366 g/mol. The van der Waals surface area contributed by atoms with E-state index in [1.165, 1.54) is 0 Å². The molecule has 0 aliphatic carbocycles. The zero-order chi connectivity index (χ0) is 19.1. The number of benzene rings is 2. The zero-order valence-electron chi connectivity index (χ0n) is 15.4. The average molecular weight is 366 g/mol. The van der Waals surface area contributed by atoms with Crippen molar-refractivity contribution in [2.24, 2.45) is 0 Å². The summed E-state index contributed by atoms with van der Waals surface area (Å²) in [5.41, 5.74) is 8.13. The van der Waals surface area contributed by atoms with Crippen molar-refractivity contribution >= 4 is 23.2 Å². The van der Waals surface area contributed by atoms with Crippen molar-refractivity contribution in [3.63, 3.8) is 0 Å². The molecule has 2 aromatic carbocycles. The van der Waals surface area contributed by atoms with Gasteiger partial charge in [-0.2, -0.15) is 0 Å². The standard InChI is InChI=1S/C21H26N4O2/c22-17-8-6-16(7-9-17)14-20(26)23-19-10-12-25(13-11-19)15-21(27)24-18-4-2-1-3-5-18/h1-9,19H,10-15,22H2,(H,23,26)(H,24,27). The number of carbonyl (C=O) groups is 2. The second kappa shape index (κ2) is 9.19. The average Bonchev–Trinajstić information content (AvgIpc) is 2.66. The fourth-order valence-corrected chi connectivity index (χ4v) is 3.26. The molecule has 142 valence electrons. The number of nitrogens with zero attached hydrogens (tertiary/aromatic N) is 1. The van der Waals surface area contributed by atoms with Gasteiger partial charge in [-0.15, -0.1) is 0 Å². The molecule has 6 heteroatoms. The lowest BCUT2D eigenvalue weighted by Gasteiger charge is -2.31. The van der Waals surface area contributed by atoms with Gasteiger partial charge in [0.05, 0.1) is 13.0 Å². The topological polar surface area (TPSA) is 87.5 Å². The Hall–Kier alpha value is -2.86. The van der Waals surface area contributed by atoms with Crippen molar-refractivity contribution in [1.29, 1.82) is 0 Å². The van der Waals surface area contributed by atoms with Gasteiger partial charge in [-0.1, -0.05) is 30.3 Å². The van der Waals surface area contributed by atoms with E-state index in [1.54, 1.807) is 0 Å². The van der Waals surface area contributed by atoms with E-state index in [1.807, 2.05) is 54.6 Å². The molecule has 3 rings (SSSR count). The molecule has 0 unspecified atom stereocenters. The molecule has 0 saturated carbocycles. The molecule has 1 aliphatic rings. The molecule has 0 radical (unpaired) electrons. The Balaban J connectivity index is 1.37. The maximum absolute atomic E-state index is 12.2. The van der Waals surface area contributed by atoms with Crippen molar-refractivity contribution in [3.8, 4) is 0 Å². The largest absolute Gasteiger partial charge is 0.399 e. The van der Waals surface area contributed by atoms with Gasteiger partial charge in [0, 0.05) is 30.5 Å². The lowest BCUT2D eigenvalue weighted by atomic mass is 10.0. The lowest BCUT2D eigenvalue weighted by molar-refractivity contribution is -0.122. The molecule has 1 aliphatic heterocycles. The summed E-state index contributed by atoms with van der Waals surface area (Å²) in [6.07, 6.45) is 2.07. The van der Waals surface area contributed by atoms with Crippen LogP contribution in [0.3, 0.4) is 0 Å². The molecule has 2 aromatic rings. The molecule has 0 atom stereocenters. The van der Waals surface area contributed by atoms with Crippen molar-refractivity contribution in [2.75, 3.05) is 30.7 Å². The Labute approximate surface area is 159 Å². The molecule has 0 spiro atoms. The van der Waals surface area contributed by atoms with E-state index in [2.05, 4.69) is 15.5 Å². The normalized spacial score (nSPS) is 15.3. The van der Waals surface area contributed by atoms with E-state index in [0.29, 0.717) is 18.7 Å². The highest BCUT2D eigenvalue weighted by molar-refractivity contribution is 5.92. The van der Waals surface area contributed by atoms with Gasteiger partial charge in [-0.25, -0.2) is 0 Å². The summed E-state index contributed by atoms with van der Waals surface area (Å²) in [5, 5.41) is 6.00. The number of carbonyl (C=O) groups excluding carboxylic acids is 2. The van der Waals surface area contributed by atoms with Gasteiger partial charge >= 0.3 is 0 Å². The highest BCUT2D eigenvalue weighted by Crippen LogP contribution is 2.12. The Morgan fingerprint density at radius 1 is 0.963 bits per heavy atom. The fraction of sp³-hybridized carbons (Fsp3) is 0.333. The molecule has 0 bridgehead atoms. The van der Waals surface area contributed by atoms with Crippen LogP contribution in [0.4, 0.5) is 11.4 Å². The minimum Gasteiger partial charge on any atom is -0.399 e. The Morgan fingerprint density at radius 2 is 1.63 bits per heavy atom. The number of nitrogens with two attached hydrogens (primary N) is 1. The predicted octanol–water partition coefficient (Wildman–Crippen LogP) is 2.03. The SMILES string of the molecule is Nc1ccc(CC(=O)NC2CCN(CC(=O)Nc3ccccc3)CC2)cc1.